The molecule has 3 heteroatoms. The van der Waals surface area contributed by atoms with Crippen molar-refractivity contribution in [2.45, 2.75) is 32.4 Å². The van der Waals surface area contributed by atoms with Crippen LogP contribution >= 0.6 is 0 Å². The molecule has 0 aliphatic rings. The lowest BCUT2D eigenvalue weighted by Gasteiger charge is -2.20. The van der Waals surface area contributed by atoms with Crippen molar-refractivity contribution in [3.8, 4) is 5.75 Å². The molecule has 0 spiro atoms. The number of rotatable bonds is 4. The van der Waals surface area contributed by atoms with Gasteiger partial charge >= 0.3 is 0 Å². The van der Waals surface area contributed by atoms with E-state index in [0.29, 0.717) is 12.3 Å². The largest absolute Gasteiger partial charge is 0.508 e. The lowest BCUT2D eigenvalue weighted by molar-refractivity contribution is 0.121. The van der Waals surface area contributed by atoms with Crippen molar-refractivity contribution in [2.75, 3.05) is 0 Å². The molecular formula is C12H19NO2. The third-order valence-corrected chi connectivity index (χ3v) is 2.41. The van der Waals surface area contributed by atoms with Gasteiger partial charge in [-0.15, -0.1) is 0 Å². The average Bonchev–Trinajstić information content (AvgIpc) is 2.17. The van der Waals surface area contributed by atoms with Crippen molar-refractivity contribution < 1.29 is 10.2 Å². The van der Waals surface area contributed by atoms with Crippen molar-refractivity contribution in [1.29, 1.82) is 0 Å². The standard InChI is InChI=1S/C12H19NO2/c1-8(2)7-11(15)12(13)9-3-5-10(14)6-4-9/h3-6,8,11-12,14-15H,7,13H2,1-2H3/t11-,12+/m1/s1. The normalized spacial score (nSPS) is 15.3. The van der Waals surface area contributed by atoms with E-state index < -0.39 is 6.10 Å². The number of aliphatic hydroxyl groups is 1. The van der Waals surface area contributed by atoms with Gasteiger partial charge in [0.2, 0.25) is 0 Å². The Morgan fingerprint density at radius 1 is 1.20 bits per heavy atom. The van der Waals surface area contributed by atoms with Crippen LogP contribution in [0.15, 0.2) is 24.3 Å². The second kappa shape index (κ2) is 5.14. The van der Waals surface area contributed by atoms with Crippen molar-refractivity contribution >= 4 is 0 Å². The zero-order valence-electron chi connectivity index (χ0n) is 9.22. The Bertz CT molecular complexity index is 295. The molecule has 0 amide bonds. The first kappa shape index (κ1) is 12.0. The van der Waals surface area contributed by atoms with Gasteiger partial charge in [-0.25, -0.2) is 0 Å². The number of hydrogen-bond donors (Lipinski definition) is 3. The summed E-state index contributed by atoms with van der Waals surface area (Å²) in [6.45, 7) is 4.10. The summed E-state index contributed by atoms with van der Waals surface area (Å²) in [5.41, 5.74) is 6.75. The number of phenols is 1. The molecule has 0 bridgehead atoms. The van der Waals surface area contributed by atoms with Crippen LogP contribution in [0.2, 0.25) is 0 Å². The molecule has 3 nitrogen and oxygen atoms in total. The van der Waals surface area contributed by atoms with Gasteiger partial charge in [0.15, 0.2) is 0 Å². The van der Waals surface area contributed by atoms with Crippen LogP contribution in [-0.4, -0.2) is 16.3 Å². The number of aromatic hydroxyl groups is 1. The van der Waals surface area contributed by atoms with Gasteiger partial charge in [-0.1, -0.05) is 26.0 Å². The molecular weight excluding hydrogens is 190 g/mol. The van der Waals surface area contributed by atoms with Crippen molar-refractivity contribution in [1.82, 2.24) is 0 Å². The zero-order chi connectivity index (χ0) is 11.4. The van der Waals surface area contributed by atoms with Gasteiger partial charge in [0.1, 0.15) is 5.75 Å². The van der Waals surface area contributed by atoms with Crippen LogP contribution in [0.4, 0.5) is 0 Å². The van der Waals surface area contributed by atoms with Crippen LogP contribution in [0, 0.1) is 5.92 Å². The highest BCUT2D eigenvalue weighted by molar-refractivity contribution is 5.28. The first-order chi connectivity index (χ1) is 7.00. The van der Waals surface area contributed by atoms with Crippen molar-refractivity contribution in [3.63, 3.8) is 0 Å². The summed E-state index contributed by atoms with van der Waals surface area (Å²) >= 11 is 0. The SMILES string of the molecule is CC(C)C[C@@H](O)[C@@H](N)c1ccc(O)cc1. The molecule has 0 saturated heterocycles. The molecule has 0 radical (unpaired) electrons. The molecule has 84 valence electrons. The quantitative estimate of drug-likeness (QED) is 0.708. The smallest absolute Gasteiger partial charge is 0.115 e. The Balaban J connectivity index is 2.67. The Hall–Kier alpha value is -1.06. The van der Waals surface area contributed by atoms with Crippen molar-refractivity contribution in [3.05, 3.63) is 29.8 Å². The molecule has 4 N–H and O–H groups in total. The van der Waals surface area contributed by atoms with E-state index in [0.717, 1.165) is 5.56 Å². The van der Waals surface area contributed by atoms with E-state index in [9.17, 15) is 5.11 Å². The number of benzene rings is 1. The summed E-state index contributed by atoms with van der Waals surface area (Å²) in [5.74, 6) is 0.632. The topological polar surface area (TPSA) is 66.5 Å². The van der Waals surface area contributed by atoms with Gasteiger partial charge in [-0.2, -0.15) is 0 Å². The van der Waals surface area contributed by atoms with Gasteiger partial charge < -0.3 is 15.9 Å². The minimum absolute atomic E-state index is 0.212. The molecule has 15 heavy (non-hydrogen) atoms. The average molecular weight is 209 g/mol. The summed E-state index contributed by atoms with van der Waals surface area (Å²) in [5, 5.41) is 18.9. The highest BCUT2D eigenvalue weighted by Crippen LogP contribution is 2.21. The Kier molecular flexibility index (Phi) is 4.12. The minimum atomic E-state index is -0.533. The summed E-state index contributed by atoms with van der Waals surface area (Å²) in [7, 11) is 0. The number of nitrogens with two attached hydrogens (primary N) is 1. The van der Waals surface area contributed by atoms with Crippen molar-refractivity contribution in [2.24, 2.45) is 11.7 Å². The Morgan fingerprint density at radius 3 is 2.20 bits per heavy atom. The lowest BCUT2D eigenvalue weighted by atomic mass is 9.95. The monoisotopic (exact) mass is 209 g/mol. The summed E-state index contributed by atoms with van der Waals surface area (Å²) in [4.78, 5) is 0. The van der Waals surface area contributed by atoms with E-state index >= 15 is 0 Å². The predicted octanol–water partition coefficient (Wildman–Crippen LogP) is 1.80. The molecule has 1 rings (SSSR count). The maximum Gasteiger partial charge on any atom is 0.115 e. The molecule has 0 unspecified atom stereocenters. The molecule has 0 aliphatic heterocycles. The molecule has 0 aliphatic carbocycles. The van der Waals surface area contributed by atoms with Gasteiger partial charge in [-0.3, -0.25) is 0 Å². The van der Waals surface area contributed by atoms with E-state index in [-0.39, 0.29) is 11.8 Å². The van der Waals surface area contributed by atoms with E-state index in [1.807, 2.05) is 13.8 Å². The molecule has 0 fully saturated rings. The first-order valence-corrected chi connectivity index (χ1v) is 5.23. The fourth-order valence-corrected chi connectivity index (χ4v) is 1.55. The third-order valence-electron chi connectivity index (χ3n) is 2.41. The van der Waals surface area contributed by atoms with Gasteiger partial charge in [0, 0.05) is 0 Å². The van der Waals surface area contributed by atoms with Gasteiger partial charge in [-0.05, 0) is 30.0 Å². The number of aliphatic hydroxyl groups excluding tert-OH is 1. The fraction of sp³-hybridized carbons (Fsp3) is 0.500. The van der Waals surface area contributed by atoms with Gasteiger partial charge in [0.25, 0.3) is 0 Å². The molecule has 0 aromatic heterocycles. The lowest BCUT2D eigenvalue weighted by Crippen LogP contribution is -2.27. The van der Waals surface area contributed by atoms with Gasteiger partial charge in [0.05, 0.1) is 12.1 Å². The van der Waals surface area contributed by atoms with E-state index in [2.05, 4.69) is 0 Å². The van der Waals surface area contributed by atoms with Crippen LogP contribution in [0.5, 0.6) is 5.75 Å². The maximum atomic E-state index is 9.82. The van der Waals surface area contributed by atoms with E-state index in [1.165, 1.54) is 0 Å². The third kappa shape index (κ3) is 3.53. The van der Waals surface area contributed by atoms with Crippen LogP contribution in [0.25, 0.3) is 0 Å². The second-order valence-electron chi connectivity index (χ2n) is 4.31. The summed E-state index contributed by atoms with van der Waals surface area (Å²) in [6, 6.07) is 6.26. The predicted molar refractivity (Wildman–Crippen MR) is 60.5 cm³/mol. The zero-order valence-corrected chi connectivity index (χ0v) is 9.22. The molecule has 1 aromatic carbocycles. The van der Waals surface area contributed by atoms with Crippen LogP contribution in [-0.2, 0) is 0 Å². The Labute approximate surface area is 90.5 Å². The van der Waals surface area contributed by atoms with E-state index in [4.69, 9.17) is 10.8 Å². The summed E-state index contributed by atoms with van der Waals surface area (Å²) in [6.07, 6.45) is 0.150. The fourth-order valence-electron chi connectivity index (χ4n) is 1.55. The second-order valence-corrected chi connectivity index (χ2v) is 4.31. The minimum Gasteiger partial charge on any atom is -0.508 e. The maximum absolute atomic E-state index is 9.82. The highest BCUT2D eigenvalue weighted by atomic mass is 16.3. The highest BCUT2D eigenvalue weighted by Gasteiger charge is 2.17. The molecule has 2 atom stereocenters. The first-order valence-electron chi connectivity index (χ1n) is 5.23. The molecule has 1 aromatic rings. The van der Waals surface area contributed by atoms with Crippen LogP contribution in [0.1, 0.15) is 31.9 Å². The number of hydrogen-bond acceptors (Lipinski definition) is 3. The van der Waals surface area contributed by atoms with Crippen LogP contribution < -0.4 is 5.73 Å². The van der Waals surface area contributed by atoms with E-state index in [1.54, 1.807) is 24.3 Å². The molecule has 0 saturated carbocycles. The Morgan fingerprint density at radius 2 is 1.73 bits per heavy atom. The summed E-state index contributed by atoms with van der Waals surface area (Å²) < 4.78 is 0. The van der Waals surface area contributed by atoms with Crippen LogP contribution in [0.3, 0.4) is 0 Å². The number of phenolic OH excluding ortho intramolecular Hbond substituents is 1. The molecule has 0 heterocycles.